The maximum Gasteiger partial charge on any atom is 0.337 e. The van der Waals surface area contributed by atoms with Gasteiger partial charge >= 0.3 is 12.0 Å². The second-order valence-corrected chi connectivity index (χ2v) is 9.45. The molecule has 15 heteroatoms. The molecule has 0 spiro atoms. The van der Waals surface area contributed by atoms with Crippen LogP contribution in [0.2, 0.25) is 5.02 Å². The predicted molar refractivity (Wildman–Crippen MR) is 155 cm³/mol. The summed E-state index contributed by atoms with van der Waals surface area (Å²) in [4.78, 5) is 35.1. The van der Waals surface area contributed by atoms with E-state index in [1.54, 1.807) is 50.2 Å². The monoisotopic (exact) mass is 613 g/mol. The summed E-state index contributed by atoms with van der Waals surface area (Å²) >= 11 is 5.87. The highest BCUT2D eigenvalue weighted by Gasteiger charge is 2.32. The van der Waals surface area contributed by atoms with Gasteiger partial charge in [-0.25, -0.2) is 9.59 Å². The lowest BCUT2D eigenvalue weighted by Gasteiger charge is -2.28. The van der Waals surface area contributed by atoms with Crippen molar-refractivity contribution < 1.29 is 38.2 Å². The van der Waals surface area contributed by atoms with Crippen LogP contribution in [0.3, 0.4) is 0 Å². The van der Waals surface area contributed by atoms with Gasteiger partial charge in [0, 0.05) is 17.3 Å². The molecule has 4 N–H and O–H groups in total. The van der Waals surface area contributed by atoms with Crippen LogP contribution in [0.1, 0.15) is 31.2 Å². The number of nitrogens with zero attached hydrogens (tertiary/aromatic N) is 2. The zero-order chi connectivity index (χ0) is 31.1. The number of hydrogen-bond acceptors (Lipinski definition) is 11. The number of carbonyl (C=O) groups excluding carboxylic acids is 2. The van der Waals surface area contributed by atoms with E-state index in [4.69, 9.17) is 30.2 Å². The lowest BCUT2D eigenvalue weighted by molar-refractivity contribution is -0.384. The highest BCUT2D eigenvalue weighted by atomic mass is 35.5. The van der Waals surface area contributed by atoms with Crippen molar-refractivity contribution in [1.82, 2.24) is 16.1 Å². The number of halogens is 1. The number of methoxy groups -OCH3 is 1. The molecule has 1 aliphatic rings. The third-order valence-corrected chi connectivity index (χ3v) is 6.46. The Labute approximate surface area is 250 Å². The highest BCUT2D eigenvalue weighted by Crippen LogP contribution is 2.35. The summed E-state index contributed by atoms with van der Waals surface area (Å²) in [6.07, 6.45) is 0.0955. The van der Waals surface area contributed by atoms with Crippen LogP contribution in [0.15, 0.2) is 69.3 Å². The number of carbonyl (C=O) groups is 2. The SMILES string of the molecule is CCOc1cc([C@H]2NC(=O)NC(C)=C2C(=O)OC)ccc1OC[C@@H](O)N/N=C/c1ccc(-c2ccc(Cl)c([N+](=O)[O-])c2)o1. The molecule has 0 fully saturated rings. The Morgan fingerprint density at radius 2 is 2.02 bits per heavy atom. The molecule has 0 unspecified atom stereocenters. The van der Waals surface area contributed by atoms with Crippen molar-refractivity contribution in [1.29, 1.82) is 0 Å². The summed E-state index contributed by atoms with van der Waals surface area (Å²) in [5, 5.41) is 30.7. The second-order valence-electron chi connectivity index (χ2n) is 9.04. The van der Waals surface area contributed by atoms with Crippen molar-refractivity contribution in [2.45, 2.75) is 26.1 Å². The van der Waals surface area contributed by atoms with E-state index >= 15 is 0 Å². The number of nitro benzene ring substituents is 1. The van der Waals surface area contributed by atoms with Crippen molar-refractivity contribution in [3.8, 4) is 22.8 Å². The molecule has 0 saturated carbocycles. The number of benzene rings is 2. The van der Waals surface area contributed by atoms with Crippen molar-refractivity contribution in [3.05, 3.63) is 86.3 Å². The Morgan fingerprint density at radius 1 is 1.23 bits per heavy atom. The van der Waals surface area contributed by atoms with Gasteiger partial charge in [-0.3, -0.25) is 15.5 Å². The number of hydrazone groups is 1. The van der Waals surface area contributed by atoms with Crippen molar-refractivity contribution >= 4 is 35.5 Å². The van der Waals surface area contributed by atoms with Gasteiger partial charge in [-0.1, -0.05) is 17.7 Å². The maximum absolute atomic E-state index is 12.4. The predicted octanol–water partition coefficient (Wildman–Crippen LogP) is 4.03. The normalized spacial score (nSPS) is 15.5. The molecule has 1 aliphatic heterocycles. The van der Waals surface area contributed by atoms with E-state index in [0.717, 1.165) is 0 Å². The molecule has 2 amide bonds. The van der Waals surface area contributed by atoms with Crippen LogP contribution in [0, 0.1) is 10.1 Å². The maximum atomic E-state index is 12.4. The lowest BCUT2D eigenvalue weighted by Crippen LogP contribution is -2.45. The van der Waals surface area contributed by atoms with Crippen LogP contribution in [0.4, 0.5) is 10.5 Å². The molecule has 0 radical (unpaired) electrons. The molecular weight excluding hydrogens is 586 g/mol. The van der Waals surface area contributed by atoms with E-state index in [-0.39, 0.29) is 22.9 Å². The molecule has 2 atom stereocenters. The average Bonchev–Trinajstić information content (AvgIpc) is 3.45. The minimum absolute atomic E-state index is 0.0158. The summed E-state index contributed by atoms with van der Waals surface area (Å²) in [6.45, 7) is 3.47. The first-order chi connectivity index (χ1) is 20.6. The van der Waals surface area contributed by atoms with E-state index < -0.39 is 29.2 Å². The van der Waals surface area contributed by atoms with E-state index in [1.807, 2.05) is 0 Å². The quantitative estimate of drug-likeness (QED) is 0.0763. The van der Waals surface area contributed by atoms with E-state index in [0.29, 0.717) is 46.5 Å². The second kappa shape index (κ2) is 13.7. The van der Waals surface area contributed by atoms with Gasteiger partial charge in [0.25, 0.3) is 5.69 Å². The molecule has 3 aromatic rings. The van der Waals surface area contributed by atoms with E-state index in [2.05, 4.69) is 21.2 Å². The molecule has 0 aliphatic carbocycles. The Kier molecular flexibility index (Phi) is 9.85. The standard InChI is InChI=1S/C28H28ClN5O9/c1-4-41-23-12-17(26-25(27(36)40-3)15(2)31-28(37)32-26)6-9-22(23)42-14-24(35)33-30-13-18-7-10-21(43-18)16-5-8-19(29)20(11-16)34(38)39/h5-13,24,26,33,35H,4,14H2,1-3H3,(H2,31,32,37)/b30-13+/t24-,26-/m1/s1. The molecule has 0 saturated heterocycles. The molecular formula is C28H28ClN5O9. The summed E-state index contributed by atoms with van der Waals surface area (Å²) < 4.78 is 22.0. The van der Waals surface area contributed by atoms with E-state index in [9.17, 15) is 24.8 Å². The topological polar surface area (TPSA) is 187 Å². The van der Waals surface area contributed by atoms with Gasteiger partial charge in [0.05, 0.1) is 36.5 Å². The average molecular weight is 614 g/mol. The summed E-state index contributed by atoms with van der Waals surface area (Å²) in [5.41, 5.74) is 3.90. The van der Waals surface area contributed by atoms with Gasteiger partial charge in [-0.2, -0.15) is 5.10 Å². The Hall–Kier alpha value is -5.08. The molecule has 4 rings (SSSR count). The smallest absolute Gasteiger partial charge is 0.337 e. The third kappa shape index (κ3) is 7.42. The zero-order valence-corrected chi connectivity index (χ0v) is 24.0. The van der Waals surface area contributed by atoms with Crippen LogP contribution in [0.5, 0.6) is 11.5 Å². The Bertz CT molecular complexity index is 1590. The molecule has 0 bridgehead atoms. The zero-order valence-electron chi connectivity index (χ0n) is 23.3. The molecule has 226 valence electrons. The van der Waals surface area contributed by atoms with Gasteiger partial charge in [0.2, 0.25) is 0 Å². The van der Waals surface area contributed by atoms with Crippen molar-refractivity contribution in [2.75, 3.05) is 20.3 Å². The number of esters is 1. The largest absolute Gasteiger partial charge is 0.490 e. The fourth-order valence-electron chi connectivity index (χ4n) is 4.19. The Morgan fingerprint density at radius 3 is 2.74 bits per heavy atom. The minimum atomic E-state index is -1.22. The number of allylic oxidation sites excluding steroid dienone is 1. The number of aliphatic hydroxyl groups is 1. The third-order valence-electron chi connectivity index (χ3n) is 6.14. The number of rotatable bonds is 12. The summed E-state index contributed by atoms with van der Waals surface area (Å²) in [7, 11) is 1.25. The number of nitrogens with one attached hydrogen (secondary N) is 3. The van der Waals surface area contributed by atoms with Crippen LogP contribution in [-0.2, 0) is 9.53 Å². The van der Waals surface area contributed by atoms with Gasteiger partial charge in [0.1, 0.15) is 23.2 Å². The molecule has 1 aromatic heterocycles. The highest BCUT2D eigenvalue weighted by molar-refractivity contribution is 6.32. The van der Waals surface area contributed by atoms with E-state index in [1.165, 1.54) is 25.5 Å². The molecule has 2 aromatic carbocycles. The van der Waals surface area contributed by atoms with Gasteiger partial charge < -0.3 is 34.4 Å². The van der Waals surface area contributed by atoms with Crippen LogP contribution in [-0.4, -0.2) is 54.8 Å². The molecule has 2 heterocycles. The lowest BCUT2D eigenvalue weighted by atomic mass is 9.95. The van der Waals surface area contributed by atoms with Gasteiger partial charge in [-0.15, -0.1) is 0 Å². The molecule has 43 heavy (non-hydrogen) atoms. The number of nitro groups is 1. The van der Waals surface area contributed by atoms with Gasteiger partial charge in [0.15, 0.2) is 17.7 Å². The summed E-state index contributed by atoms with van der Waals surface area (Å²) in [6, 6.07) is 11.2. The fraction of sp³-hybridized carbons (Fsp3) is 0.250. The summed E-state index contributed by atoms with van der Waals surface area (Å²) in [5.74, 6) is 0.732. The number of urea groups is 1. The van der Waals surface area contributed by atoms with Crippen LogP contribution >= 0.6 is 11.6 Å². The first-order valence-corrected chi connectivity index (χ1v) is 13.3. The Balaban J connectivity index is 1.39. The first-order valence-electron chi connectivity index (χ1n) is 12.9. The van der Waals surface area contributed by atoms with Crippen LogP contribution in [0.25, 0.3) is 11.3 Å². The van der Waals surface area contributed by atoms with Crippen molar-refractivity contribution in [2.24, 2.45) is 5.10 Å². The number of furan rings is 1. The van der Waals surface area contributed by atoms with Crippen molar-refractivity contribution in [3.63, 3.8) is 0 Å². The number of hydrogen-bond donors (Lipinski definition) is 4. The fourth-order valence-corrected chi connectivity index (χ4v) is 4.38. The molecule has 14 nitrogen and oxygen atoms in total. The van der Waals surface area contributed by atoms with Crippen LogP contribution < -0.4 is 25.5 Å². The first kappa shape index (κ1) is 30.9. The number of aliphatic hydroxyl groups excluding tert-OH is 1. The number of amides is 2. The number of ether oxygens (including phenoxy) is 3. The van der Waals surface area contributed by atoms with Gasteiger partial charge in [-0.05, 0) is 55.8 Å². The minimum Gasteiger partial charge on any atom is -0.490 e.